The number of benzene rings is 1. The molecule has 0 unspecified atom stereocenters. The third kappa shape index (κ3) is 6.30. The van der Waals surface area contributed by atoms with Crippen molar-refractivity contribution >= 4 is 21.6 Å². The lowest BCUT2D eigenvalue weighted by atomic mass is 9.98. The van der Waals surface area contributed by atoms with Crippen LogP contribution in [0.1, 0.15) is 70.6 Å². The smallest absolute Gasteiger partial charge is 0.0353 e. The number of hydrogen-bond acceptors (Lipinski definition) is 1. The fourth-order valence-electron chi connectivity index (χ4n) is 3.12. The number of hydrogen-bond donors (Lipinski definition) is 1. The number of halogens is 1. The minimum absolute atomic E-state index is 0.656. The summed E-state index contributed by atoms with van der Waals surface area (Å²) in [6.45, 7) is 0. The molecule has 1 nitrogen and oxygen atoms in total. The van der Waals surface area contributed by atoms with Crippen LogP contribution in [-0.4, -0.2) is 6.04 Å². The molecule has 2 rings (SSSR count). The summed E-state index contributed by atoms with van der Waals surface area (Å²) < 4.78 is 1.16. The van der Waals surface area contributed by atoms with E-state index in [1.54, 1.807) is 0 Å². The number of anilines is 1. The van der Waals surface area contributed by atoms with Crippen molar-refractivity contribution in [3.63, 3.8) is 0 Å². The van der Waals surface area contributed by atoms with Crippen molar-refractivity contribution in [2.24, 2.45) is 0 Å². The van der Waals surface area contributed by atoms with Crippen molar-refractivity contribution in [3.8, 4) is 0 Å². The SMILES string of the molecule is Brc1cccc(NC2CCCCCCCCCCC2)c1. The Hall–Kier alpha value is -0.500. The van der Waals surface area contributed by atoms with Gasteiger partial charge in [0, 0.05) is 16.2 Å². The zero-order valence-corrected chi connectivity index (χ0v) is 14.1. The van der Waals surface area contributed by atoms with E-state index in [0.29, 0.717) is 6.04 Å². The van der Waals surface area contributed by atoms with Crippen LogP contribution >= 0.6 is 15.9 Å². The fourth-order valence-corrected chi connectivity index (χ4v) is 3.52. The standard InChI is InChI=1S/C18H28BrN/c19-16-11-10-14-18(15-16)20-17-12-8-6-4-2-1-3-5-7-9-13-17/h10-11,14-15,17,20H,1-9,12-13H2. The molecule has 1 saturated carbocycles. The second-order valence-corrected chi connectivity index (χ2v) is 7.03. The van der Waals surface area contributed by atoms with E-state index in [2.05, 4.69) is 45.5 Å². The van der Waals surface area contributed by atoms with Crippen molar-refractivity contribution in [2.75, 3.05) is 5.32 Å². The van der Waals surface area contributed by atoms with Crippen LogP contribution in [0.25, 0.3) is 0 Å². The first kappa shape index (κ1) is 15.9. The number of nitrogens with one attached hydrogen (secondary N) is 1. The average molecular weight is 338 g/mol. The molecule has 1 aromatic carbocycles. The van der Waals surface area contributed by atoms with E-state index in [1.807, 2.05) is 0 Å². The highest BCUT2D eigenvalue weighted by molar-refractivity contribution is 9.10. The Balaban J connectivity index is 1.85. The monoisotopic (exact) mass is 337 g/mol. The van der Waals surface area contributed by atoms with E-state index >= 15 is 0 Å². The number of rotatable bonds is 2. The van der Waals surface area contributed by atoms with Crippen LogP contribution in [0.3, 0.4) is 0 Å². The summed E-state index contributed by atoms with van der Waals surface area (Å²) in [5.74, 6) is 0. The first-order valence-corrected chi connectivity index (χ1v) is 9.16. The highest BCUT2D eigenvalue weighted by Crippen LogP contribution is 2.22. The van der Waals surface area contributed by atoms with Gasteiger partial charge >= 0.3 is 0 Å². The van der Waals surface area contributed by atoms with Gasteiger partial charge in [0.05, 0.1) is 0 Å². The van der Waals surface area contributed by atoms with Crippen molar-refractivity contribution in [3.05, 3.63) is 28.7 Å². The van der Waals surface area contributed by atoms with Crippen LogP contribution in [0, 0.1) is 0 Å². The lowest BCUT2D eigenvalue weighted by Gasteiger charge is -2.21. The van der Waals surface area contributed by atoms with Crippen LogP contribution in [0.5, 0.6) is 0 Å². The Kier molecular flexibility index (Phi) is 7.49. The molecule has 0 aliphatic heterocycles. The molecule has 0 aromatic heterocycles. The molecule has 1 fully saturated rings. The Morgan fingerprint density at radius 2 is 1.35 bits per heavy atom. The largest absolute Gasteiger partial charge is 0.382 e. The Bertz CT molecular complexity index is 365. The minimum Gasteiger partial charge on any atom is -0.382 e. The van der Waals surface area contributed by atoms with Crippen molar-refractivity contribution < 1.29 is 0 Å². The van der Waals surface area contributed by atoms with Crippen LogP contribution in [0.2, 0.25) is 0 Å². The van der Waals surface area contributed by atoms with Gasteiger partial charge in [-0.25, -0.2) is 0 Å². The van der Waals surface area contributed by atoms with Crippen LogP contribution < -0.4 is 5.32 Å². The van der Waals surface area contributed by atoms with Crippen molar-refractivity contribution in [1.82, 2.24) is 0 Å². The highest BCUT2D eigenvalue weighted by atomic mass is 79.9. The molecule has 1 aliphatic carbocycles. The summed E-state index contributed by atoms with van der Waals surface area (Å²) in [7, 11) is 0. The maximum absolute atomic E-state index is 3.74. The normalized spacial score (nSPS) is 19.9. The molecule has 0 amide bonds. The Morgan fingerprint density at radius 3 is 1.90 bits per heavy atom. The zero-order valence-electron chi connectivity index (χ0n) is 12.5. The third-order valence-corrected chi connectivity index (χ3v) is 4.79. The summed E-state index contributed by atoms with van der Waals surface area (Å²) in [6.07, 6.45) is 15.5. The molecule has 20 heavy (non-hydrogen) atoms. The van der Waals surface area contributed by atoms with Gasteiger partial charge in [0.15, 0.2) is 0 Å². The van der Waals surface area contributed by atoms with Gasteiger partial charge in [-0.1, -0.05) is 79.8 Å². The predicted octanol–water partition coefficient (Wildman–Crippen LogP) is 6.53. The molecule has 1 aliphatic rings. The molecule has 0 spiro atoms. The molecular weight excluding hydrogens is 310 g/mol. The maximum Gasteiger partial charge on any atom is 0.0353 e. The second-order valence-electron chi connectivity index (χ2n) is 6.11. The van der Waals surface area contributed by atoms with E-state index in [-0.39, 0.29) is 0 Å². The summed E-state index contributed by atoms with van der Waals surface area (Å²) in [4.78, 5) is 0. The third-order valence-electron chi connectivity index (χ3n) is 4.30. The van der Waals surface area contributed by atoms with Gasteiger partial charge in [-0.15, -0.1) is 0 Å². The molecule has 0 bridgehead atoms. The topological polar surface area (TPSA) is 12.0 Å². The van der Waals surface area contributed by atoms with Crippen LogP contribution in [0.15, 0.2) is 28.7 Å². The van der Waals surface area contributed by atoms with Crippen molar-refractivity contribution in [1.29, 1.82) is 0 Å². The summed E-state index contributed by atoms with van der Waals surface area (Å²) in [6, 6.07) is 9.23. The second kappa shape index (κ2) is 9.44. The summed E-state index contributed by atoms with van der Waals surface area (Å²) >= 11 is 3.56. The van der Waals surface area contributed by atoms with Gasteiger partial charge in [0.2, 0.25) is 0 Å². The molecule has 112 valence electrons. The first-order valence-electron chi connectivity index (χ1n) is 8.37. The predicted molar refractivity (Wildman–Crippen MR) is 92.3 cm³/mol. The van der Waals surface area contributed by atoms with Gasteiger partial charge in [0.1, 0.15) is 0 Å². The maximum atomic E-state index is 3.74. The van der Waals surface area contributed by atoms with Crippen LogP contribution in [-0.2, 0) is 0 Å². The van der Waals surface area contributed by atoms with Crippen molar-refractivity contribution in [2.45, 2.75) is 76.7 Å². The molecule has 0 radical (unpaired) electrons. The average Bonchev–Trinajstić information content (AvgIpc) is 2.42. The zero-order chi connectivity index (χ0) is 14.0. The van der Waals surface area contributed by atoms with Gasteiger partial charge in [-0.3, -0.25) is 0 Å². The van der Waals surface area contributed by atoms with E-state index in [4.69, 9.17) is 0 Å². The molecule has 0 atom stereocenters. The Labute approximate surface area is 132 Å². The molecule has 2 heteroatoms. The van der Waals surface area contributed by atoms with Gasteiger partial charge in [0.25, 0.3) is 0 Å². The van der Waals surface area contributed by atoms with Gasteiger partial charge in [-0.05, 0) is 31.0 Å². The lowest BCUT2D eigenvalue weighted by molar-refractivity contribution is 0.480. The lowest BCUT2D eigenvalue weighted by Crippen LogP contribution is -2.19. The molecule has 0 saturated heterocycles. The Morgan fingerprint density at radius 1 is 0.800 bits per heavy atom. The van der Waals surface area contributed by atoms with Gasteiger partial charge in [-0.2, -0.15) is 0 Å². The van der Waals surface area contributed by atoms with E-state index in [0.717, 1.165) is 4.47 Å². The minimum atomic E-state index is 0.656. The van der Waals surface area contributed by atoms with Gasteiger partial charge < -0.3 is 5.32 Å². The molecule has 1 N–H and O–H groups in total. The highest BCUT2D eigenvalue weighted by Gasteiger charge is 2.09. The molecule has 1 aromatic rings. The quantitative estimate of drug-likeness (QED) is 0.646. The van der Waals surface area contributed by atoms with E-state index < -0.39 is 0 Å². The summed E-state index contributed by atoms with van der Waals surface area (Å²) in [5.41, 5.74) is 1.26. The summed E-state index contributed by atoms with van der Waals surface area (Å²) in [5, 5.41) is 3.74. The fraction of sp³-hybridized carbons (Fsp3) is 0.667. The van der Waals surface area contributed by atoms with E-state index in [9.17, 15) is 0 Å². The van der Waals surface area contributed by atoms with E-state index in [1.165, 1.54) is 76.3 Å². The molecule has 0 heterocycles. The molecular formula is C18H28BrN. The first-order chi connectivity index (χ1) is 9.84. The van der Waals surface area contributed by atoms with Crippen LogP contribution in [0.4, 0.5) is 5.69 Å².